The summed E-state index contributed by atoms with van der Waals surface area (Å²) >= 11 is 0. The first-order chi connectivity index (χ1) is 16.2. The lowest BCUT2D eigenvalue weighted by molar-refractivity contribution is -0.192. The van der Waals surface area contributed by atoms with Gasteiger partial charge in [0.2, 0.25) is 0 Å². The van der Waals surface area contributed by atoms with Crippen molar-refractivity contribution in [3.8, 4) is 0 Å². The molecule has 3 fully saturated rings. The zero-order valence-electron chi connectivity index (χ0n) is 18.9. The van der Waals surface area contributed by atoms with E-state index in [2.05, 4.69) is 14.8 Å². The van der Waals surface area contributed by atoms with Crippen molar-refractivity contribution < 1.29 is 32.6 Å². The summed E-state index contributed by atoms with van der Waals surface area (Å²) < 4.78 is 37.8. The van der Waals surface area contributed by atoms with Crippen LogP contribution in [0.5, 0.6) is 0 Å². The second-order valence-electron chi connectivity index (χ2n) is 9.64. The average Bonchev–Trinajstić information content (AvgIpc) is 3.52. The maximum absolute atomic E-state index is 13.2. The predicted octanol–water partition coefficient (Wildman–Crippen LogP) is 3.77. The highest BCUT2D eigenvalue weighted by Gasteiger charge is 2.41. The fourth-order valence-electron chi connectivity index (χ4n) is 4.90. The van der Waals surface area contributed by atoms with Crippen molar-refractivity contribution in [3.05, 3.63) is 36.0 Å². The molecule has 1 unspecified atom stereocenters. The van der Waals surface area contributed by atoms with Gasteiger partial charge in [-0.15, -0.1) is 0 Å². The summed E-state index contributed by atoms with van der Waals surface area (Å²) in [6.07, 6.45) is 1.84. The van der Waals surface area contributed by atoms with E-state index in [1.807, 2.05) is 30.5 Å². The van der Waals surface area contributed by atoms with E-state index in [-0.39, 0.29) is 11.3 Å². The molecule has 2 saturated heterocycles. The minimum absolute atomic E-state index is 0.0947. The molecule has 34 heavy (non-hydrogen) atoms. The maximum Gasteiger partial charge on any atom is 0.490 e. The number of rotatable bonds is 3. The highest BCUT2D eigenvalue weighted by molar-refractivity contribution is 5.98. The number of amides is 1. The van der Waals surface area contributed by atoms with Gasteiger partial charge < -0.3 is 24.6 Å². The van der Waals surface area contributed by atoms with Crippen molar-refractivity contribution in [1.82, 2.24) is 14.8 Å². The summed E-state index contributed by atoms with van der Waals surface area (Å²) in [7, 11) is 0. The molecule has 186 valence electrons. The second kappa shape index (κ2) is 9.95. The van der Waals surface area contributed by atoms with Gasteiger partial charge in [-0.1, -0.05) is 0 Å². The lowest BCUT2D eigenvalue weighted by Gasteiger charge is -2.43. The third-order valence-electron chi connectivity index (χ3n) is 6.72. The van der Waals surface area contributed by atoms with Crippen LogP contribution in [0.4, 0.5) is 13.2 Å². The summed E-state index contributed by atoms with van der Waals surface area (Å²) in [6.45, 7) is 6.61. The molecule has 1 aromatic carbocycles. The Morgan fingerprint density at radius 3 is 2.65 bits per heavy atom. The molecule has 1 atom stereocenters. The van der Waals surface area contributed by atoms with Crippen molar-refractivity contribution in [2.24, 2.45) is 11.3 Å². The molecule has 1 aliphatic carbocycles. The third kappa shape index (κ3) is 6.09. The minimum Gasteiger partial charge on any atom is -0.475 e. The van der Waals surface area contributed by atoms with E-state index in [9.17, 15) is 18.0 Å². The van der Waals surface area contributed by atoms with Crippen molar-refractivity contribution in [2.75, 3.05) is 45.9 Å². The topological polar surface area (TPSA) is 85.9 Å². The van der Waals surface area contributed by atoms with Gasteiger partial charge >= 0.3 is 12.1 Å². The number of ether oxygens (including phenoxy) is 1. The molecule has 1 saturated carbocycles. The van der Waals surface area contributed by atoms with E-state index in [0.29, 0.717) is 0 Å². The number of hydrogen-bond donors (Lipinski definition) is 2. The highest BCUT2D eigenvalue weighted by Crippen LogP contribution is 2.36. The van der Waals surface area contributed by atoms with Gasteiger partial charge in [0.1, 0.15) is 0 Å². The summed E-state index contributed by atoms with van der Waals surface area (Å²) in [5, 5.41) is 8.22. The van der Waals surface area contributed by atoms with Crippen LogP contribution in [0.2, 0.25) is 0 Å². The molecule has 2 aliphatic heterocycles. The maximum atomic E-state index is 13.2. The summed E-state index contributed by atoms with van der Waals surface area (Å²) in [5.41, 5.74) is 1.97. The van der Waals surface area contributed by atoms with Gasteiger partial charge in [0, 0.05) is 60.8 Å². The number of hydrogen-bond acceptors (Lipinski definition) is 4. The molecule has 1 amide bonds. The Kier molecular flexibility index (Phi) is 7.18. The first-order valence-corrected chi connectivity index (χ1v) is 11.6. The van der Waals surface area contributed by atoms with E-state index in [1.165, 1.54) is 19.4 Å². The normalized spacial score (nSPS) is 23.9. The number of carbonyl (C=O) groups is 2. The monoisotopic (exact) mass is 481 g/mol. The number of nitrogens with one attached hydrogen (secondary N) is 1. The molecule has 0 radical (unpaired) electrons. The number of aromatic amines is 1. The Labute approximate surface area is 195 Å². The zero-order chi connectivity index (χ0) is 24.3. The smallest absolute Gasteiger partial charge is 0.475 e. The number of carboxylic acid groups (broad SMARTS) is 1. The molecule has 2 aromatic rings. The molecule has 1 aromatic heterocycles. The molecular formula is C24H30F3N3O4. The van der Waals surface area contributed by atoms with Gasteiger partial charge in [0.15, 0.2) is 0 Å². The molecule has 3 heterocycles. The summed E-state index contributed by atoms with van der Waals surface area (Å²) in [5.74, 6) is -1.70. The van der Waals surface area contributed by atoms with Crippen LogP contribution < -0.4 is 0 Å². The van der Waals surface area contributed by atoms with Crippen LogP contribution >= 0.6 is 0 Å². The predicted molar refractivity (Wildman–Crippen MR) is 120 cm³/mol. The number of carbonyl (C=O) groups excluding carboxylic acids is 1. The van der Waals surface area contributed by atoms with Gasteiger partial charge in [-0.05, 0) is 55.9 Å². The van der Waals surface area contributed by atoms with Gasteiger partial charge in [-0.3, -0.25) is 4.79 Å². The van der Waals surface area contributed by atoms with Crippen LogP contribution in [0, 0.1) is 11.3 Å². The van der Waals surface area contributed by atoms with Crippen molar-refractivity contribution in [1.29, 1.82) is 0 Å². The number of H-pyrrole nitrogens is 1. The highest BCUT2D eigenvalue weighted by atomic mass is 19.4. The lowest BCUT2D eigenvalue weighted by atomic mass is 9.79. The fourth-order valence-corrected chi connectivity index (χ4v) is 4.90. The fraction of sp³-hybridized carbons (Fsp3) is 0.583. The average molecular weight is 482 g/mol. The van der Waals surface area contributed by atoms with Crippen molar-refractivity contribution in [3.63, 3.8) is 0 Å². The van der Waals surface area contributed by atoms with E-state index in [4.69, 9.17) is 14.6 Å². The number of fused-ring (bicyclic) bond motifs is 1. The van der Waals surface area contributed by atoms with Crippen molar-refractivity contribution >= 4 is 22.8 Å². The molecule has 7 nitrogen and oxygen atoms in total. The number of benzene rings is 1. The van der Waals surface area contributed by atoms with Crippen LogP contribution in [0.1, 0.15) is 36.0 Å². The molecule has 3 aliphatic rings. The van der Waals surface area contributed by atoms with E-state index >= 15 is 0 Å². The van der Waals surface area contributed by atoms with E-state index < -0.39 is 12.1 Å². The van der Waals surface area contributed by atoms with E-state index in [1.54, 1.807) is 0 Å². The lowest BCUT2D eigenvalue weighted by Crippen LogP contribution is -2.52. The quantitative estimate of drug-likeness (QED) is 0.697. The Morgan fingerprint density at radius 1 is 1.18 bits per heavy atom. The third-order valence-corrected chi connectivity index (χ3v) is 6.72. The zero-order valence-corrected chi connectivity index (χ0v) is 18.9. The number of nitrogens with zero attached hydrogens (tertiary/aromatic N) is 2. The van der Waals surface area contributed by atoms with Gasteiger partial charge in [0.25, 0.3) is 5.91 Å². The molecule has 1 spiro atoms. The van der Waals surface area contributed by atoms with Crippen LogP contribution in [-0.2, 0) is 9.53 Å². The van der Waals surface area contributed by atoms with Gasteiger partial charge in [0.05, 0.1) is 13.2 Å². The van der Waals surface area contributed by atoms with Crippen LogP contribution in [0.15, 0.2) is 30.5 Å². The Morgan fingerprint density at radius 2 is 1.94 bits per heavy atom. The Bertz CT molecular complexity index is 1020. The van der Waals surface area contributed by atoms with Crippen LogP contribution in [0.25, 0.3) is 10.9 Å². The molecule has 0 bridgehead atoms. The summed E-state index contributed by atoms with van der Waals surface area (Å²) in [4.78, 5) is 30.0. The number of piperidine rings is 1. The van der Waals surface area contributed by atoms with Crippen LogP contribution in [0.3, 0.4) is 0 Å². The first kappa shape index (κ1) is 24.5. The van der Waals surface area contributed by atoms with Crippen LogP contribution in [-0.4, -0.2) is 83.9 Å². The number of likely N-dealkylation sites (tertiary alicyclic amines) is 1. The molecular weight excluding hydrogens is 451 g/mol. The van der Waals surface area contributed by atoms with Gasteiger partial charge in [-0.2, -0.15) is 13.2 Å². The molecule has 10 heteroatoms. The number of halogens is 3. The number of alkyl halides is 3. The molecule has 5 rings (SSSR count). The number of aromatic nitrogens is 1. The van der Waals surface area contributed by atoms with Gasteiger partial charge in [-0.25, -0.2) is 4.79 Å². The van der Waals surface area contributed by atoms with E-state index in [0.717, 1.165) is 74.6 Å². The number of carboxylic acids is 1. The Balaban J connectivity index is 0.000000344. The first-order valence-electron chi connectivity index (χ1n) is 11.6. The van der Waals surface area contributed by atoms with Crippen molar-refractivity contribution in [2.45, 2.75) is 31.9 Å². The molecule has 2 N–H and O–H groups in total. The second-order valence-corrected chi connectivity index (χ2v) is 9.64. The Hall–Kier alpha value is -2.59. The SMILES string of the molecule is O=C(O)C(F)(F)F.O=C(c1ccc2[nH]ccc2c1)N1CCCC2(COCCN(CC3CC3)C2)C1. The summed E-state index contributed by atoms with van der Waals surface area (Å²) in [6, 6.07) is 8.00. The minimum atomic E-state index is -5.08. The number of aliphatic carboxylic acids is 1. The standard InChI is InChI=1S/C22H29N3O2.C2HF3O2/c26-21(19-4-5-20-18(12-19)6-8-23-20)25-9-1-7-22(15-25)14-24(10-11-27-16-22)13-17-2-3-17;3-2(4,5)1(6)7/h4-6,8,12,17,23H,1-3,7,9-11,13-16H2;(H,6,7). The largest absolute Gasteiger partial charge is 0.490 e.